The minimum atomic E-state index is -0.563. The van der Waals surface area contributed by atoms with Crippen molar-refractivity contribution in [2.45, 2.75) is 13.8 Å². The van der Waals surface area contributed by atoms with Gasteiger partial charge in [0.25, 0.3) is 0 Å². The Labute approximate surface area is 116 Å². The van der Waals surface area contributed by atoms with E-state index in [9.17, 15) is 4.79 Å². The van der Waals surface area contributed by atoms with Crippen molar-refractivity contribution in [2.75, 3.05) is 24.3 Å². The molecule has 0 radical (unpaired) electrons. The second-order valence-corrected chi connectivity index (χ2v) is 5.09. The molecule has 0 unspecified atom stereocenters. The van der Waals surface area contributed by atoms with E-state index in [0.717, 1.165) is 0 Å². The number of aromatic nitrogens is 3. The SMILES string of the molecule is CNC(=O)C(C)(C)CNc1nc(NN)cn2ccnc12. The fourth-order valence-corrected chi connectivity index (χ4v) is 1.84. The maximum absolute atomic E-state index is 11.8. The van der Waals surface area contributed by atoms with Crippen molar-refractivity contribution in [1.82, 2.24) is 19.7 Å². The molecule has 20 heavy (non-hydrogen) atoms. The van der Waals surface area contributed by atoms with Crippen molar-refractivity contribution in [3.05, 3.63) is 18.6 Å². The minimum absolute atomic E-state index is 0.0440. The fourth-order valence-electron chi connectivity index (χ4n) is 1.84. The predicted octanol–water partition coefficient (Wildman–Crippen LogP) is 0.199. The van der Waals surface area contributed by atoms with Gasteiger partial charge in [-0.3, -0.25) is 4.79 Å². The van der Waals surface area contributed by atoms with E-state index in [0.29, 0.717) is 23.8 Å². The van der Waals surface area contributed by atoms with Crippen molar-refractivity contribution in [2.24, 2.45) is 11.3 Å². The highest BCUT2D eigenvalue weighted by Crippen LogP contribution is 2.20. The van der Waals surface area contributed by atoms with Crippen LogP contribution in [0.2, 0.25) is 0 Å². The highest BCUT2D eigenvalue weighted by Gasteiger charge is 2.26. The van der Waals surface area contributed by atoms with E-state index in [-0.39, 0.29) is 5.91 Å². The molecule has 0 atom stereocenters. The van der Waals surface area contributed by atoms with Crippen LogP contribution in [0.25, 0.3) is 5.65 Å². The number of hydrogen-bond acceptors (Lipinski definition) is 6. The minimum Gasteiger partial charge on any atom is -0.366 e. The average Bonchev–Trinajstić information content (AvgIpc) is 2.91. The number of hydrazine groups is 1. The lowest BCUT2D eigenvalue weighted by Crippen LogP contribution is -2.39. The summed E-state index contributed by atoms with van der Waals surface area (Å²) >= 11 is 0. The van der Waals surface area contributed by atoms with E-state index in [1.165, 1.54) is 0 Å². The number of nitrogen functional groups attached to an aromatic ring is 1. The van der Waals surface area contributed by atoms with Crippen molar-refractivity contribution >= 4 is 23.2 Å². The van der Waals surface area contributed by atoms with Crippen molar-refractivity contribution in [1.29, 1.82) is 0 Å². The van der Waals surface area contributed by atoms with Gasteiger partial charge < -0.3 is 20.5 Å². The Kier molecular flexibility index (Phi) is 3.75. The lowest BCUT2D eigenvalue weighted by molar-refractivity contribution is -0.128. The van der Waals surface area contributed by atoms with Gasteiger partial charge in [0.15, 0.2) is 17.3 Å². The number of carbonyl (C=O) groups excluding carboxylic acids is 1. The molecule has 0 aliphatic rings. The third-order valence-electron chi connectivity index (χ3n) is 3.06. The molecule has 2 aromatic rings. The number of carbonyl (C=O) groups is 1. The molecule has 0 bridgehead atoms. The van der Waals surface area contributed by atoms with Gasteiger partial charge >= 0.3 is 0 Å². The van der Waals surface area contributed by atoms with Gasteiger partial charge in [-0.2, -0.15) is 0 Å². The van der Waals surface area contributed by atoms with E-state index in [4.69, 9.17) is 5.84 Å². The summed E-state index contributed by atoms with van der Waals surface area (Å²) in [5, 5.41) is 5.80. The molecule has 0 aliphatic heterocycles. The molecule has 8 nitrogen and oxygen atoms in total. The van der Waals surface area contributed by atoms with Gasteiger partial charge in [-0.15, -0.1) is 0 Å². The Bertz CT molecular complexity index is 619. The summed E-state index contributed by atoms with van der Waals surface area (Å²) in [5.41, 5.74) is 2.62. The number of nitrogens with one attached hydrogen (secondary N) is 3. The van der Waals surface area contributed by atoms with Crippen molar-refractivity contribution in [3.8, 4) is 0 Å². The summed E-state index contributed by atoms with van der Waals surface area (Å²) < 4.78 is 1.80. The highest BCUT2D eigenvalue weighted by molar-refractivity contribution is 5.82. The summed E-state index contributed by atoms with van der Waals surface area (Å²) in [7, 11) is 1.62. The Morgan fingerprint density at radius 3 is 2.90 bits per heavy atom. The molecule has 2 rings (SSSR count). The molecule has 8 heteroatoms. The Morgan fingerprint density at radius 1 is 1.50 bits per heavy atom. The predicted molar refractivity (Wildman–Crippen MR) is 77.1 cm³/mol. The molecule has 0 aliphatic carbocycles. The monoisotopic (exact) mass is 277 g/mol. The second kappa shape index (κ2) is 5.33. The molecule has 0 saturated carbocycles. The summed E-state index contributed by atoms with van der Waals surface area (Å²) in [6.45, 7) is 4.13. The molecule has 0 fully saturated rings. The summed E-state index contributed by atoms with van der Waals surface area (Å²) in [6, 6.07) is 0. The number of fused-ring (bicyclic) bond motifs is 1. The maximum atomic E-state index is 11.8. The van der Waals surface area contributed by atoms with Crippen LogP contribution in [0.3, 0.4) is 0 Å². The number of hydrogen-bond donors (Lipinski definition) is 4. The molecular weight excluding hydrogens is 258 g/mol. The third-order valence-corrected chi connectivity index (χ3v) is 3.06. The number of anilines is 2. The fraction of sp³-hybridized carbons (Fsp3) is 0.417. The molecule has 2 heterocycles. The number of rotatable bonds is 5. The zero-order valence-electron chi connectivity index (χ0n) is 11.8. The van der Waals surface area contributed by atoms with Gasteiger partial charge in [-0.25, -0.2) is 15.8 Å². The smallest absolute Gasteiger partial charge is 0.227 e. The Hall–Kier alpha value is -2.35. The van der Waals surface area contributed by atoms with Gasteiger partial charge in [0.1, 0.15) is 0 Å². The molecule has 5 N–H and O–H groups in total. The Balaban J connectivity index is 2.25. The largest absolute Gasteiger partial charge is 0.366 e. The quantitative estimate of drug-likeness (QED) is 0.459. The Morgan fingerprint density at radius 2 is 2.25 bits per heavy atom. The molecule has 108 valence electrons. The molecule has 1 amide bonds. The standard InChI is InChI=1S/C12H19N7O/c1-12(2,11(20)14-3)7-16-9-10-15-4-5-19(10)6-8(17-9)18-13/h4-6,18H,7,13H2,1-3H3,(H,14,20)(H,16,17). The van der Waals surface area contributed by atoms with E-state index in [1.54, 1.807) is 30.0 Å². The number of nitrogens with two attached hydrogens (primary N) is 1. The topological polar surface area (TPSA) is 109 Å². The highest BCUT2D eigenvalue weighted by atomic mass is 16.2. The van der Waals surface area contributed by atoms with E-state index >= 15 is 0 Å². The van der Waals surface area contributed by atoms with Crippen LogP contribution in [0.5, 0.6) is 0 Å². The maximum Gasteiger partial charge on any atom is 0.227 e. The van der Waals surface area contributed by atoms with Crippen LogP contribution in [0, 0.1) is 5.41 Å². The summed E-state index contributed by atoms with van der Waals surface area (Å²) in [4.78, 5) is 20.3. The first kappa shape index (κ1) is 14.1. The van der Waals surface area contributed by atoms with Gasteiger partial charge in [0.2, 0.25) is 5.91 Å². The molecule has 0 saturated heterocycles. The number of amides is 1. The van der Waals surface area contributed by atoms with Gasteiger partial charge in [-0.05, 0) is 13.8 Å². The van der Waals surface area contributed by atoms with Crippen LogP contribution in [0.15, 0.2) is 18.6 Å². The lowest BCUT2D eigenvalue weighted by Gasteiger charge is -2.23. The zero-order valence-corrected chi connectivity index (χ0v) is 11.8. The van der Waals surface area contributed by atoms with Crippen LogP contribution >= 0.6 is 0 Å². The number of nitrogens with zero attached hydrogens (tertiary/aromatic N) is 3. The molecule has 0 spiro atoms. The average molecular weight is 277 g/mol. The van der Waals surface area contributed by atoms with Crippen LogP contribution in [0.4, 0.5) is 11.6 Å². The second-order valence-electron chi connectivity index (χ2n) is 5.09. The van der Waals surface area contributed by atoms with Crippen LogP contribution in [-0.2, 0) is 4.79 Å². The van der Waals surface area contributed by atoms with Crippen LogP contribution in [0.1, 0.15) is 13.8 Å². The molecule has 0 aromatic carbocycles. The van der Waals surface area contributed by atoms with Crippen molar-refractivity contribution < 1.29 is 4.79 Å². The van der Waals surface area contributed by atoms with Crippen LogP contribution in [-0.4, -0.2) is 33.9 Å². The van der Waals surface area contributed by atoms with Crippen molar-refractivity contribution in [3.63, 3.8) is 0 Å². The molecule has 2 aromatic heterocycles. The number of imidazole rings is 1. The van der Waals surface area contributed by atoms with Gasteiger partial charge in [0.05, 0.1) is 11.6 Å². The van der Waals surface area contributed by atoms with E-state index in [1.807, 2.05) is 13.8 Å². The first-order chi connectivity index (χ1) is 9.47. The lowest BCUT2D eigenvalue weighted by atomic mass is 9.92. The van der Waals surface area contributed by atoms with Gasteiger partial charge in [0, 0.05) is 26.0 Å². The van der Waals surface area contributed by atoms with Gasteiger partial charge in [-0.1, -0.05) is 0 Å². The first-order valence-electron chi connectivity index (χ1n) is 6.24. The summed E-state index contributed by atoms with van der Waals surface area (Å²) in [6.07, 6.45) is 5.21. The first-order valence-corrected chi connectivity index (χ1v) is 6.24. The van der Waals surface area contributed by atoms with Crippen LogP contribution < -0.4 is 21.9 Å². The van der Waals surface area contributed by atoms with E-state index < -0.39 is 5.41 Å². The third kappa shape index (κ3) is 2.64. The molecular formula is C12H19N7O. The zero-order chi connectivity index (χ0) is 14.8. The van der Waals surface area contributed by atoms with E-state index in [2.05, 4.69) is 26.0 Å². The summed E-state index contributed by atoms with van der Waals surface area (Å²) in [5.74, 6) is 6.43. The normalized spacial score (nSPS) is 11.4.